The van der Waals surface area contributed by atoms with Crippen molar-refractivity contribution in [3.63, 3.8) is 0 Å². The van der Waals surface area contributed by atoms with Gasteiger partial charge in [0.05, 0.1) is 0 Å². The van der Waals surface area contributed by atoms with Gasteiger partial charge < -0.3 is 10.2 Å². The van der Waals surface area contributed by atoms with Crippen molar-refractivity contribution >= 4 is 28.3 Å². The first-order valence-electron chi connectivity index (χ1n) is 7.43. The Bertz CT molecular complexity index is 694. The van der Waals surface area contributed by atoms with Gasteiger partial charge in [-0.05, 0) is 28.8 Å². The van der Waals surface area contributed by atoms with Gasteiger partial charge in [-0.2, -0.15) is 0 Å². The molecule has 0 heterocycles. The summed E-state index contributed by atoms with van der Waals surface area (Å²) < 4.78 is 0. The number of carbonyl (C=O) groups is 2. The molecule has 0 aliphatic heterocycles. The number of hydrogen-bond acceptors (Lipinski definition) is 2. The topological polar surface area (TPSA) is 49.4 Å². The molecule has 2 aromatic rings. The second-order valence-corrected chi connectivity index (χ2v) is 5.85. The summed E-state index contributed by atoms with van der Waals surface area (Å²) in [4.78, 5) is 25.6. The van der Waals surface area contributed by atoms with Gasteiger partial charge in [-0.1, -0.05) is 44.2 Å². The van der Waals surface area contributed by atoms with Crippen LogP contribution in [-0.2, 0) is 9.59 Å². The van der Waals surface area contributed by atoms with Gasteiger partial charge in [0.1, 0.15) is 6.04 Å². The second-order valence-electron chi connectivity index (χ2n) is 5.85. The van der Waals surface area contributed by atoms with E-state index in [4.69, 9.17) is 0 Å². The lowest BCUT2D eigenvalue weighted by Crippen LogP contribution is -2.49. The Hall–Kier alpha value is -2.36. The van der Waals surface area contributed by atoms with Crippen LogP contribution in [0.2, 0.25) is 0 Å². The summed E-state index contributed by atoms with van der Waals surface area (Å²) in [7, 11) is 1.74. The van der Waals surface area contributed by atoms with Gasteiger partial charge in [0, 0.05) is 19.7 Å². The van der Waals surface area contributed by atoms with Gasteiger partial charge in [-0.15, -0.1) is 0 Å². The third-order valence-corrected chi connectivity index (χ3v) is 3.74. The maximum Gasteiger partial charge on any atom is 0.249 e. The molecule has 0 aromatic heterocycles. The number of nitrogens with zero attached hydrogens (tertiary/aromatic N) is 1. The third-order valence-electron chi connectivity index (χ3n) is 3.74. The Morgan fingerprint density at radius 1 is 1.05 bits per heavy atom. The van der Waals surface area contributed by atoms with Crippen LogP contribution >= 0.6 is 0 Å². The number of hydrogen-bond donors (Lipinski definition) is 1. The summed E-state index contributed by atoms with van der Waals surface area (Å²) in [5.41, 5.74) is 0.819. The molecule has 4 nitrogen and oxygen atoms in total. The van der Waals surface area contributed by atoms with Gasteiger partial charge in [0.25, 0.3) is 0 Å². The Balaban J connectivity index is 2.29. The van der Waals surface area contributed by atoms with Gasteiger partial charge in [-0.25, -0.2) is 0 Å². The van der Waals surface area contributed by atoms with E-state index in [1.165, 1.54) is 6.92 Å². The van der Waals surface area contributed by atoms with E-state index in [0.717, 1.165) is 16.5 Å². The summed E-state index contributed by atoms with van der Waals surface area (Å²) in [6.45, 7) is 5.28. The fourth-order valence-corrected chi connectivity index (χ4v) is 2.45. The lowest BCUT2D eigenvalue weighted by molar-refractivity contribution is -0.127. The summed E-state index contributed by atoms with van der Waals surface area (Å²) in [6.07, 6.45) is 0. The van der Waals surface area contributed by atoms with E-state index in [-0.39, 0.29) is 17.7 Å². The predicted octanol–water partition coefficient (Wildman–Crippen LogP) is 2.96. The van der Waals surface area contributed by atoms with E-state index in [9.17, 15) is 9.59 Å². The number of fused-ring (bicyclic) bond motifs is 1. The van der Waals surface area contributed by atoms with Gasteiger partial charge in [0.2, 0.25) is 11.8 Å². The summed E-state index contributed by atoms with van der Waals surface area (Å²) in [5, 5.41) is 4.95. The highest BCUT2D eigenvalue weighted by Crippen LogP contribution is 2.22. The minimum Gasteiger partial charge on any atom is -0.344 e. The smallest absolute Gasteiger partial charge is 0.249 e. The molecule has 1 unspecified atom stereocenters. The number of likely N-dealkylation sites (N-methyl/N-ethyl adjacent to an activating group) is 1. The number of carbonyl (C=O) groups excluding carboxylic acids is 2. The van der Waals surface area contributed by atoms with Crippen LogP contribution in [-0.4, -0.2) is 24.9 Å². The zero-order valence-corrected chi connectivity index (χ0v) is 13.5. The number of nitrogens with one attached hydrogen (secondary N) is 1. The molecule has 0 aliphatic carbocycles. The van der Waals surface area contributed by atoms with Crippen molar-refractivity contribution in [1.29, 1.82) is 0 Å². The van der Waals surface area contributed by atoms with Crippen LogP contribution in [0.4, 0.5) is 5.69 Å². The SMILES string of the molecule is CC(=O)NC(C(=O)N(C)c1ccc2ccccc2c1)C(C)C. The van der Waals surface area contributed by atoms with Crippen molar-refractivity contribution in [1.82, 2.24) is 5.32 Å². The highest BCUT2D eigenvalue weighted by molar-refractivity contribution is 6.00. The van der Waals surface area contributed by atoms with Crippen LogP contribution in [0.1, 0.15) is 20.8 Å². The normalized spacial score (nSPS) is 12.2. The van der Waals surface area contributed by atoms with Crippen LogP contribution in [0.5, 0.6) is 0 Å². The predicted molar refractivity (Wildman–Crippen MR) is 89.8 cm³/mol. The van der Waals surface area contributed by atoms with Crippen LogP contribution in [0, 0.1) is 5.92 Å². The average Bonchev–Trinajstić information content (AvgIpc) is 2.50. The standard InChI is InChI=1S/C18H22N2O2/c1-12(2)17(19-13(3)21)18(22)20(4)16-10-9-14-7-5-6-8-15(14)11-16/h5-12,17H,1-4H3,(H,19,21). The van der Waals surface area contributed by atoms with Crippen molar-refractivity contribution in [3.8, 4) is 0 Å². The molecule has 2 rings (SSSR count). The van der Waals surface area contributed by atoms with Crippen LogP contribution in [0.25, 0.3) is 10.8 Å². The monoisotopic (exact) mass is 298 g/mol. The van der Waals surface area contributed by atoms with Gasteiger partial charge >= 0.3 is 0 Å². The fourth-order valence-electron chi connectivity index (χ4n) is 2.45. The van der Waals surface area contributed by atoms with E-state index in [2.05, 4.69) is 5.32 Å². The second kappa shape index (κ2) is 6.60. The molecule has 2 aromatic carbocycles. The lowest BCUT2D eigenvalue weighted by atomic mass is 10.0. The molecule has 0 saturated carbocycles. The zero-order valence-electron chi connectivity index (χ0n) is 13.5. The molecule has 1 N–H and O–H groups in total. The van der Waals surface area contributed by atoms with Crippen LogP contribution < -0.4 is 10.2 Å². The Labute approximate surface area is 131 Å². The van der Waals surface area contributed by atoms with Crippen LogP contribution in [0.3, 0.4) is 0 Å². The van der Waals surface area contributed by atoms with E-state index >= 15 is 0 Å². The van der Waals surface area contributed by atoms with Crippen molar-refractivity contribution < 1.29 is 9.59 Å². The third kappa shape index (κ3) is 3.45. The Morgan fingerprint density at radius 2 is 1.68 bits per heavy atom. The molecule has 116 valence electrons. The maximum atomic E-state index is 12.7. The minimum atomic E-state index is -0.519. The minimum absolute atomic E-state index is 0.0271. The number of anilines is 1. The van der Waals surface area contributed by atoms with Crippen molar-refractivity contribution in [2.24, 2.45) is 5.92 Å². The van der Waals surface area contributed by atoms with E-state index in [1.54, 1.807) is 11.9 Å². The number of amides is 2. The van der Waals surface area contributed by atoms with Crippen molar-refractivity contribution in [2.75, 3.05) is 11.9 Å². The van der Waals surface area contributed by atoms with Gasteiger partial charge in [0.15, 0.2) is 0 Å². The first-order chi connectivity index (χ1) is 10.4. The first-order valence-corrected chi connectivity index (χ1v) is 7.43. The van der Waals surface area contributed by atoms with Gasteiger partial charge in [-0.3, -0.25) is 9.59 Å². The summed E-state index contributed by atoms with van der Waals surface area (Å²) >= 11 is 0. The largest absolute Gasteiger partial charge is 0.344 e. The molecule has 0 fully saturated rings. The molecular weight excluding hydrogens is 276 g/mol. The Morgan fingerprint density at radius 3 is 2.27 bits per heavy atom. The molecule has 0 bridgehead atoms. The first kappa shape index (κ1) is 16.0. The molecule has 4 heteroatoms. The summed E-state index contributed by atoms with van der Waals surface area (Å²) in [5.74, 6) is -0.279. The quantitative estimate of drug-likeness (QED) is 0.943. The lowest BCUT2D eigenvalue weighted by Gasteiger charge is -2.27. The molecule has 0 radical (unpaired) electrons. The van der Waals surface area contributed by atoms with E-state index < -0.39 is 6.04 Å². The van der Waals surface area contributed by atoms with Crippen molar-refractivity contribution in [3.05, 3.63) is 42.5 Å². The fraction of sp³-hybridized carbons (Fsp3) is 0.333. The average molecular weight is 298 g/mol. The number of rotatable bonds is 4. The highest BCUT2D eigenvalue weighted by atomic mass is 16.2. The molecule has 22 heavy (non-hydrogen) atoms. The molecule has 2 amide bonds. The highest BCUT2D eigenvalue weighted by Gasteiger charge is 2.26. The molecule has 0 spiro atoms. The van der Waals surface area contributed by atoms with Crippen molar-refractivity contribution in [2.45, 2.75) is 26.8 Å². The number of benzene rings is 2. The van der Waals surface area contributed by atoms with E-state index in [1.807, 2.05) is 56.3 Å². The molecule has 1 atom stereocenters. The van der Waals surface area contributed by atoms with E-state index in [0.29, 0.717) is 0 Å². The summed E-state index contributed by atoms with van der Waals surface area (Å²) in [6, 6.07) is 13.4. The molecule has 0 aliphatic rings. The Kier molecular flexibility index (Phi) is 4.81. The van der Waals surface area contributed by atoms with Crippen LogP contribution in [0.15, 0.2) is 42.5 Å². The molecule has 0 saturated heterocycles. The molecular formula is C18H22N2O2. The zero-order chi connectivity index (χ0) is 16.3. The maximum absolute atomic E-state index is 12.7.